The van der Waals surface area contributed by atoms with Gasteiger partial charge in [-0.1, -0.05) is 32.4 Å². The van der Waals surface area contributed by atoms with E-state index in [2.05, 4.69) is 41.0 Å². The first-order valence-corrected chi connectivity index (χ1v) is 11.2. The first kappa shape index (κ1) is 26.5. The van der Waals surface area contributed by atoms with Gasteiger partial charge in [0.1, 0.15) is 5.82 Å². The zero-order valence-electron chi connectivity index (χ0n) is 19.7. The van der Waals surface area contributed by atoms with Crippen molar-refractivity contribution in [1.29, 1.82) is 0 Å². The zero-order chi connectivity index (χ0) is 26.3. The zero-order valence-corrected chi connectivity index (χ0v) is 19.7. The number of imidazole rings is 1. The van der Waals surface area contributed by atoms with E-state index in [-0.39, 0.29) is 5.91 Å². The number of aromatic nitrogens is 4. The highest BCUT2D eigenvalue weighted by Crippen LogP contribution is 2.24. The molecule has 36 heavy (non-hydrogen) atoms. The van der Waals surface area contributed by atoms with Crippen LogP contribution in [0.15, 0.2) is 67.4 Å². The van der Waals surface area contributed by atoms with Crippen LogP contribution in [0.5, 0.6) is 0 Å². The molecule has 0 spiro atoms. The molecule has 4 aromatic heterocycles. The topological polar surface area (TPSA) is 102 Å². The Balaban J connectivity index is 0.000000454. The molecule has 0 aliphatic heterocycles. The summed E-state index contributed by atoms with van der Waals surface area (Å²) in [5, 5.41) is 10.1. The van der Waals surface area contributed by atoms with E-state index in [1.165, 1.54) is 0 Å². The van der Waals surface area contributed by atoms with Gasteiger partial charge in [-0.05, 0) is 35.7 Å². The highest BCUT2D eigenvalue weighted by Gasteiger charge is 2.38. The number of rotatable bonds is 7. The van der Waals surface area contributed by atoms with Gasteiger partial charge in [-0.3, -0.25) is 14.2 Å². The molecule has 1 amide bonds. The second-order valence-corrected chi connectivity index (χ2v) is 8.20. The molecule has 0 bridgehead atoms. The number of amides is 1. The van der Waals surface area contributed by atoms with Gasteiger partial charge in [-0.25, -0.2) is 9.78 Å². The Morgan fingerprint density at radius 2 is 1.89 bits per heavy atom. The number of aliphatic carboxylic acids is 1. The fourth-order valence-corrected chi connectivity index (χ4v) is 3.28. The van der Waals surface area contributed by atoms with E-state index in [1.807, 2.05) is 53.3 Å². The van der Waals surface area contributed by atoms with E-state index >= 15 is 0 Å². The number of nitrogens with zero attached hydrogens (tertiary/aromatic N) is 4. The van der Waals surface area contributed by atoms with E-state index in [1.54, 1.807) is 6.20 Å². The first-order valence-electron chi connectivity index (χ1n) is 11.2. The third-order valence-electron chi connectivity index (χ3n) is 5.41. The lowest BCUT2D eigenvalue weighted by Crippen LogP contribution is -2.28. The second-order valence-electron chi connectivity index (χ2n) is 8.20. The first-order chi connectivity index (χ1) is 17.1. The average Bonchev–Trinajstić information content (AvgIpc) is 3.47. The number of carboxylic acids is 1. The Hall–Kier alpha value is -4.15. The van der Waals surface area contributed by atoms with Gasteiger partial charge in [0.05, 0.1) is 5.52 Å². The minimum Gasteiger partial charge on any atom is -0.475 e. The van der Waals surface area contributed by atoms with Gasteiger partial charge in [0.25, 0.3) is 5.91 Å². The molecule has 0 saturated carbocycles. The SMILES string of the molecule is CCC(C)CNC(=O)c1nc(-c2ccn(Cc3cccnc3)c2)n2ccccc12.O=C(O)C(F)(F)F. The Morgan fingerprint density at radius 3 is 2.53 bits per heavy atom. The molecule has 0 aromatic carbocycles. The highest BCUT2D eigenvalue weighted by atomic mass is 19.4. The smallest absolute Gasteiger partial charge is 0.475 e. The molecule has 4 aromatic rings. The minimum atomic E-state index is -5.08. The van der Waals surface area contributed by atoms with Crippen LogP contribution in [0.2, 0.25) is 0 Å². The van der Waals surface area contributed by atoms with E-state index in [0.717, 1.165) is 35.4 Å². The molecular formula is C25H26F3N5O3. The molecule has 0 aliphatic carbocycles. The van der Waals surface area contributed by atoms with Crippen molar-refractivity contribution >= 4 is 17.4 Å². The molecular weight excluding hydrogens is 475 g/mol. The highest BCUT2D eigenvalue weighted by molar-refractivity contribution is 6.00. The third-order valence-corrected chi connectivity index (χ3v) is 5.41. The van der Waals surface area contributed by atoms with Crippen molar-refractivity contribution in [3.05, 3.63) is 78.6 Å². The lowest BCUT2D eigenvalue weighted by atomic mass is 10.1. The lowest BCUT2D eigenvalue weighted by Gasteiger charge is -2.08. The maximum atomic E-state index is 12.8. The third kappa shape index (κ3) is 6.71. The molecule has 190 valence electrons. The van der Waals surface area contributed by atoms with Gasteiger partial charge >= 0.3 is 12.1 Å². The molecule has 0 radical (unpaired) electrons. The number of alkyl halides is 3. The van der Waals surface area contributed by atoms with Crippen molar-refractivity contribution in [3.8, 4) is 11.4 Å². The number of pyridine rings is 2. The normalized spacial score (nSPS) is 12.0. The number of nitrogens with one attached hydrogen (secondary N) is 1. The standard InChI is InChI=1S/C23H25N5O.C2HF3O2/c1-3-17(2)13-25-23(29)21-20-8-4-5-11-28(20)22(26-21)19-9-12-27(16-19)15-18-7-6-10-24-14-18;3-2(4,5)1(6)7/h4-12,14,16-17H,3,13,15H2,1-2H3,(H,25,29);(H,6,7). The molecule has 4 rings (SSSR count). The van der Waals surface area contributed by atoms with Crippen LogP contribution >= 0.6 is 0 Å². The minimum absolute atomic E-state index is 0.130. The molecule has 0 fully saturated rings. The van der Waals surface area contributed by atoms with Gasteiger partial charge in [0.2, 0.25) is 0 Å². The number of hydrogen-bond acceptors (Lipinski definition) is 4. The van der Waals surface area contributed by atoms with Gasteiger partial charge in [-0.15, -0.1) is 0 Å². The van der Waals surface area contributed by atoms with E-state index < -0.39 is 12.1 Å². The van der Waals surface area contributed by atoms with E-state index in [0.29, 0.717) is 18.2 Å². The van der Waals surface area contributed by atoms with Crippen LogP contribution in [0, 0.1) is 5.92 Å². The van der Waals surface area contributed by atoms with Crippen molar-refractivity contribution < 1.29 is 27.9 Å². The number of carbonyl (C=O) groups is 2. The lowest BCUT2D eigenvalue weighted by molar-refractivity contribution is -0.192. The fraction of sp³-hybridized carbons (Fsp3) is 0.280. The largest absolute Gasteiger partial charge is 0.490 e. The van der Waals surface area contributed by atoms with E-state index in [4.69, 9.17) is 14.9 Å². The maximum Gasteiger partial charge on any atom is 0.490 e. The molecule has 1 atom stereocenters. The van der Waals surface area contributed by atoms with Gasteiger partial charge in [-0.2, -0.15) is 13.2 Å². The number of carbonyl (C=O) groups excluding carboxylic acids is 1. The van der Waals surface area contributed by atoms with Crippen molar-refractivity contribution in [3.63, 3.8) is 0 Å². The molecule has 2 N–H and O–H groups in total. The summed E-state index contributed by atoms with van der Waals surface area (Å²) in [6, 6.07) is 11.8. The number of fused-ring (bicyclic) bond motifs is 1. The predicted octanol–water partition coefficient (Wildman–Crippen LogP) is 4.66. The molecule has 0 saturated heterocycles. The van der Waals surface area contributed by atoms with Crippen LogP contribution in [0.4, 0.5) is 13.2 Å². The summed E-state index contributed by atoms with van der Waals surface area (Å²) in [6.07, 6.45) is 5.60. The van der Waals surface area contributed by atoms with Crippen LogP contribution in [-0.2, 0) is 11.3 Å². The Labute approximate surface area is 205 Å². The van der Waals surface area contributed by atoms with Crippen LogP contribution in [0.25, 0.3) is 16.9 Å². The quantitative estimate of drug-likeness (QED) is 0.384. The summed E-state index contributed by atoms with van der Waals surface area (Å²) in [4.78, 5) is 30.5. The summed E-state index contributed by atoms with van der Waals surface area (Å²) < 4.78 is 35.8. The van der Waals surface area contributed by atoms with Crippen LogP contribution in [-0.4, -0.2) is 48.6 Å². The summed E-state index contributed by atoms with van der Waals surface area (Å²) in [7, 11) is 0. The molecule has 8 nitrogen and oxygen atoms in total. The van der Waals surface area contributed by atoms with Crippen molar-refractivity contribution in [2.45, 2.75) is 33.0 Å². The number of halogens is 3. The Morgan fingerprint density at radius 1 is 1.14 bits per heavy atom. The molecule has 1 unspecified atom stereocenters. The summed E-state index contributed by atoms with van der Waals surface area (Å²) >= 11 is 0. The Bertz CT molecular complexity index is 1320. The fourth-order valence-electron chi connectivity index (χ4n) is 3.28. The van der Waals surface area contributed by atoms with Crippen molar-refractivity contribution in [2.75, 3.05) is 6.54 Å². The average molecular weight is 502 g/mol. The maximum absolute atomic E-state index is 12.8. The van der Waals surface area contributed by atoms with Crippen LogP contribution in [0.1, 0.15) is 36.3 Å². The van der Waals surface area contributed by atoms with Crippen LogP contribution in [0.3, 0.4) is 0 Å². The number of carboxylic acid groups (broad SMARTS) is 1. The second kappa shape index (κ2) is 11.5. The predicted molar refractivity (Wildman–Crippen MR) is 127 cm³/mol. The molecule has 0 aliphatic rings. The monoisotopic (exact) mass is 501 g/mol. The van der Waals surface area contributed by atoms with Gasteiger partial charge in [0.15, 0.2) is 5.69 Å². The van der Waals surface area contributed by atoms with Crippen molar-refractivity contribution in [2.24, 2.45) is 5.92 Å². The molecule has 11 heteroatoms. The van der Waals surface area contributed by atoms with E-state index in [9.17, 15) is 18.0 Å². The van der Waals surface area contributed by atoms with Gasteiger partial charge in [0, 0.05) is 49.6 Å². The Kier molecular flexibility index (Phi) is 8.46. The summed E-state index contributed by atoms with van der Waals surface area (Å²) in [6.45, 7) is 5.64. The molecule has 4 heterocycles. The van der Waals surface area contributed by atoms with Crippen molar-refractivity contribution in [1.82, 2.24) is 24.3 Å². The summed E-state index contributed by atoms with van der Waals surface area (Å²) in [5.74, 6) is -1.68. The van der Waals surface area contributed by atoms with Gasteiger partial charge < -0.3 is 15.0 Å². The summed E-state index contributed by atoms with van der Waals surface area (Å²) in [5.41, 5.74) is 3.37. The van der Waals surface area contributed by atoms with Crippen LogP contribution < -0.4 is 5.32 Å². The number of hydrogen-bond donors (Lipinski definition) is 2.